The first-order chi connectivity index (χ1) is 17.2. The van der Waals surface area contributed by atoms with E-state index in [1.807, 2.05) is 6.07 Å². The maximum atomic E-state index is 13.2. The van der Waals surface area contributed by atoms with Crippen LogP contribution in [0.1, 0.15) is 16.8 Å². The summed E-state index contributed by atoms with van der Waals surface area (Å²) in [5.41, 5.74) is 7.04. The molecular formula is C25H19ClFN3O5S. The maximum Gasteiger partial charge on any atom is 0.338 e. The summed E-state index contributed by atoms with van der Waals surface area (Å²) in [6.07, 6.45) is 0.0382. The molecule has 0 saturated carbocycles. The summed E-state index contributed by atoms with van der Waals surface area (Å²) < 4.78 is 18.2. The van der Waals surface area contributed by atoms with Gasteiger partial charge in [0.25, 0.3) is 5.91 Å². The van der Waals surface area contributed by atoms with E-state index in [1.165, 1.54) is 48.2 Å². The van der Waals surface area contributed by atoms with Crippen molar-refractivity contribution >= 4 is 64.1 Å². The molecule has 0 spiro atoms. The number of nitrogens with zero attached hydrogens (tertiary/aromatic N) is 1. The minimum atomic E-state index is -0.775. The van der Waals surface area contributed by atoms with Crippen LogP contribution in [0, 0.1) is 5.82 Å². The number of amides is 3. The highest BCUT2D eigenvalue weighted by Crippen LogP contribution is 2.34. The van der Waals surface area contributed by atoms with Crippen molar-refractivity contribution in [1.29, 1.82) is 0 Å². The lowest BCUT2D eigenvalue weighted by molar-refractivity contribution is -0.121. The Morgan fingerprint density at radius 3 is 2.56 bits per heavy atom. The van der Waals surface area contributed by atoms with Crippen molar-refractivity contribution in [2.24, 2.45) is 0 Å². The van der Waals surface area contributed by atoms with Gasteiger partial charge in [0.2, 0.25) is 11.8 Å². The number of anilines is 3. The molecule has 184 valence electrons. The molecule has 11 heteroatoms. The Balaban J connectivity index is 1.34. The zero-order valence-electron chi connectivity index (χ0n) is 18.6. The molecule has 1 fully saturated rings. The molecule has 1 atom stereocenters. The molecule has 3 aromatic carbocycles. The van der Waals surface area contributed by atoms with Crippen molar-refractivity contribution in [3.05, 3.63) is 83.1 Å². The molecule has 36 heavy (non-hydrogen) atoms. The van der Waals surface area contributed by atoms with Gasteiger partial charge in [0.15, 0.2) is 6.61 Å². The van der Waals surface area contributed by atoms with Crippen molar-refractivity contribution in [1.82, 2.24) is 0 Å². The van der Waals surface area contributed by atoms with Crippen molar-refractivity contribution in [2.75, 3.05) is 22.6 Å². The molecular weight excluding hydrogens is 509 g/mol. The van der Waals surface area contributed by atoms with Crippen LogP contribution in [0.3, 0.4) is 0 Å². The van der Waals surface area contributed by atoms with E-state index in [-0.39, 0.29) is 34.5 Å². The topological polar surface area (TPSA) is 119 Å². The lowest BCUT2D eigenvalue weighted by Gasteiger charge is -2.15. The molecule has 1 saturated heterocycles. The molecule has 3 N–H and O–H groups in total. The summed E-state index contributed by atoms with van der Waals surface area (Å²) in [5.74, 6) is -2.75. The molecule has 1 unspecified atom stereocenters. The largest absolute Gasteiger partial charge is 0.452 e. The van der Waals surface area contributed by atoms with Crippen molar-refractivity contribution in [3.8, 4) is 0 Å². The molecule has 1 aliphatic heterocycles. The van der Waals surface area contributed by atoms with Crippen LogP contribution in [-0.4, -0.2) is 35.5 Å². The van der Waals surface area contributed by atoms with Gasteiger partial charge >= 0.3 is 5.97 Å². The van der Waals surface area contributed by atoms with Crippen LogP contribution in [0.5, 0.6) is 0 Å². The lowest BCUT2D eigenvalue weighted by Crippen LogP contribution is -2.31. The number of nitrogens with one attached hydrogen (secondary N) is 1. The van der Waals surface area contributed by atoms with Crippen LogP contribution in [0.4, 0.5) is 21.5 Å². The zero-order valence-corrected chi connectivity index (χ0v) is 20.1. The number of ether oxygens (including phenoxy) is 1. The highest BCUT2D eigenvalue weighted by molar-refractivity contribution is 8.00. The molecule has 3 amide bonds. The average Bonchev–Trinajstić information content (AvgIpc) is 3.12. The first-order valence-corrected chi connectivity index (χ1v) is 11.9. The third kappa shape index (κ3) is 5.84. The van der Waals surface area contributed by atoms with Gasteiger partial charge < -0.3 is 15.8 Å². The second-order valence-corrected chi connectivity index (χ2v) is 9.43. The van der Waals surface area contributed by atoms with E-state index < -0.39 is 29.6 Å². The van der Waals surface area contributed by atoms with Gasteiger partial charge in [-0.15, -0.1) is 11.8 Å². The number of nitrogen functional groups attached to an aromatic ring is 1. The molecule has 1 heterocycles. The number of rotatable bonds is 7. The Morgan fingerprint density at radius 2 is 1.86 bits per heavy atom. The number of imide groups is 1. The number of esters is 1. The number of benzene rings is 3. The molecule has 0 aromatic heterocycles. The first-order valence-electron chi connectivity index (χ1n) is 10.6. The molecule has 3 aromatic rings. The lowest BCUT2D eigenvalue weighted by atomic mass is 10.2. The summed E-state index contributed by atoms with van der Waals surface area (Å²) in [4.78, 5) is 51.6. The Kier molecular flexibility index (Phi) is 7.56. The van der Waals surface area contributed by atoms with Gasteiger partial charge in [0, 0.05) is 22.7 Å². The number of hydrogen-bond donors (Lipinski definition) is 2. The fraction of sp³-hybridized carbons (Fsp3) is 0.120. The Bertz CT molecular complexity index is 1350. The molecule has 1 aliphatic rings. The third-order valence-corrected chi connectivity index (χ3v) is 6.61. The van der Waals surface area contributed by atoms with E-state index >= 15 is 0 Å². The van der Waals surface area contributed by atoms with E-state index in [9.17, 15) is 23.6 Å². The van der Waals surface area contributed by atoms with Crippen LogP contribution in [0.25, 0.3) is 0 Å². The fourth-order valence-corrected chi connectivity index (χ4v) is 4.75. The Hall–Kier alpha value is -3.89. The number of carbonyl (C=O) groups is 4. The summed E-state index contributed by atoms with van der Waals surface area (Å²) in [6, 6.07) is 16.4. The molecule has 4 rings (SSSR count). The van der Waals surface area contributed by atoms with E-state index in [1.54, 1.807) is 18.2 Å². The zero-order chi connectivity index (χ0) is 25.8. The standard InChI is InChI=1S/C25H19ClFN3O5S/c26-19-11-16(6-9-20(19)27)29-22(31)13-35-25(34)14-4-7-17(8-5-14)30-23(32)12-21(24(30)33)36-18-3-1-2-15(28)10-18/h1-11,21H,12-13,28H2,(H,29,31). The van der Waals surface area contributed by atoms with Gasteiger partial charge in [-0.05, 0) is 60.7 Å². The predicted molar refractivity (Wildman–Crippen MR) is 134 cm³/mol. The number of hydrogen-bond acceptors (Lipinski definition) is 7. The van der Waals surface area contributed by atoms with Crippen molar-refractivity contribution in [3.63, 3.8) is 0 Å². The smallest absolute Gasteiger partial charge is 0.338 e. The third-order valence-electron chi connectivity index (χ3n) is 5.14. The second-order valence-electron chi connectivity index (χ2n) is 7.75. The van der Waals surface area contributed by atoms with E-state index in [2.05, 4.69) is 5.32 Å². The maximum absolute atomic E-state index is 13.2. The van der Waals surface area contributed by atoms with E-state index in [0.29, 0.717) is 11.4 Å². The minimum Gasteiger partial charge on any atom is -0.452 e. The van der Waals surface area contributed by atoms with Crippen LogP contribution in [-0.2, 0) is 19.1 Å². The van der Waals surface area contributed by atoms with Crippen LogP contribution in [0.2, 0.25) is 5.02 Å². The average molecular weight is 528 g/mol. The molecule has 8 nitrogen and oxygen atoms in total. The quantitative estimate of drug-likeness (QED) is 0.267. The van der Waals surface area contributed by atoms with Gasteiger partial charge in [-0.3, -0.25) is 14.4 Å². The Labute approximate surface area is 214 Å². The minimum absolute atomic E-state index is 0.0382. The van der Waals surface area contributed by atoms with E-state index in [4.69, 9.17) is 22.1 Å². The molecule has 0 aliphatic carbocycles. The van der Waals surface area contributed by atoms with Gasteiger partial charge in [-0.2, -0.15) is 0 Å². The van der Waals surface area contributed by atoms with Gasteiger partial charge in [-0.25, -0.2) is 14.1 Å². The highest BCUT2D eigenvalue weighted by atomic mass is 35.5. The first kappa shape index (κ1) is 25.2. The summed E-state index contributed by atoms with van der Waals surface area (Å²) in [5, 5.41) is 1.70. The fourth-order valence-electron chi connectivity index (χ4n) is 3.45. The van der Waals surface area contributed by atoms with Gasteiger partial charge in [-0.1, -0.05) is 17.7 Å². The summed E-state index contributed by atoms with van der Waals surface area (Å²) in [6.45, 7) is -0.582. The van der Waals surface area contributed by atoms with Crippen LogP contribution >= 0.6 is 23.4 Å². The normalized spacial score (nSPS) is 15.2. The van der Waals surface area contributed by atoms with Crippen molar-refractivity contribution in [2.45, 2.75) is 16.6 Å². The summed E-state index contributed by atoms with van der Waals surface area (Å²) >= 11 is 6.93. The SMILES string of the molecule is Nc1cccc(SC2CC(=O)N(c3ccc(C(=O)OCC(=O)Nc4ccc(F)c(Cl)c4)cc3)C2=O)c1. The van der Waals surface area contributed by atoms with Crippen LogP contribution < -0.4 is 16.0 Å². The van der Waals surface area contributed by atoms with Gasteiger partial charge in [0.1, 0.15) is 5.82 Å². The van der Waals surface area contributed by atoms with E-state index in [0.717, 1.165) is 15.9 Å². The van der Waals surface area contributed by atoms with Crippen molar-refractivity contribution < 1.29 is 28.3 Å². The molecule has 0 radical (unpaired) electrons. The molecule has 0 bridgehead atoms. The van der Waals surface area contributed by atoms with Crippen LogP contribution in [0.15, 0.2) is 71.6 Å². The summed E-state index contributed by atoms with van der Waals surface area (Å²) in [7, 11) is 0. The monoisotopic (exact) mass is 527 g/mol. The number of thioether (sulfide) groups is 1. The highest BCUT2D eigenvalue weighted by Gasteiger charge is 2.40. The number of halogens is 2. The Morgan fingerprint density at radius 1 is 1.11 bits per heavy atom. The number of nitrogens with two attached hydrogens (primary N) is 1. The number of carbonyl (C=O) groups excluding carboxylic acids is 4. The second kappa shape index (κ2) is 10.8. The predicted octanol–water partition coefficient (Wildman–Crippen LogP) is 4.28. The van der Waals surface area contributed by atoms with Gasteiger partial charge in [0.05, 0.1) is 21.5 Å².